The van der Waals surface area contributed by atoms with Crippen molar-refractivity contribution in [3.8, 4) is 0 Å². The average Bonchev–Trinajstić information content (AvgIpc) is 2.75. The van der Waals surface area contributed by atoms with Crippen LogP contribution in [0.1, 0.15) is 63.7 Å². The molecule has 0 amide bonds. The van der Waals surface area contributed by atoms with Gasteiger partial charge in [-0.05, 0) is 54.5 Å². The van der Waals surface area contributed by atoms with Gasteiger partial charge in [0.2, 0.25) is 18.2 Å². The smallest absolute Gasteiger partial charge is 0.248 e. The molecule has 0 spiro atoms. The lowest BCUT2D eigenvalue weighted by Crippen LogP contribution is -2.23. The number of carbonyl (C=O) groups is 2. The molecule has 0 aliphatic rings. The van der Waals surface area contributed by atoms with Crippen LogP contribution in [0, 0.1) is 20.8 Å². The second-order valence-electron chi connectivity index (χ2n) is 9.34. The summed E-state index contributed by atoms with van der Waals surface area (Å²) in [7, 11) is -4.33. The highest BCUT2D eigenvalue weighted by molar-refractivity contribution is 8.01. The number of rotatable bonds is 5. The van der Waals surface area contributed by atoms with E-state index < -0.39 is 18.2 Å². The third-order valence-electron chi connectivity index (χ3n) is 5.80. The summed E-state index contributed by atoms with van der Waals surface area (Å²) in [4.78, 5) is 27.9. The maximum Gasteiger partial charge on any atom is 0.248 e. The summed E-state index contributed by atoms with van der Waals surface area (Å²) in [6.45, 7) is 11.6. The van der Waals surface area contributed by atoms with Crippen molar-refractivity contribution in [1.82, 2.24) is 0 Å². The van der Waals surface area contributed by atoms with Crippen LogP contribution < -0.4 is 5.30 Å². The highest BCUT2D eigenvalue weighted by Gasteiger charge is 2.45. The molecule has 6 heteroatoms. The van der Waals surface area contributed by atoms with Gasteiger partial charge >= 0.3 is 0 Å². The van der Waals surface area contributed by atoms with Gasteiger partial charge in [0.25, 0.3) is 0 Å². The fraction of sp³-hybridized carbons (Fsp3) is 0.259. The van der Waals surface area contributed by atoms with Crippen LogP contribution >= 0.6 is 30.3 Å². The summed E-state index contributed by atoms with van der Waals surface area (Å²) in [6, 6.07) is 15.2. The Balaban J connectivity index is 2.31. The summed E-state index contributed by atoms with van der Waals surface area (Å²) < 4.78 is 14.6. The van der Waals surface area contributed by atoms with Gasteiger partial charge in [-0.3, -0.25) is 9.59 Å². The van der Waals surface area contributed by atoms with Crippen LogP contribution in [-0.2, 0) is 9.98 Å². The molecule has 0 fully saturated rings. The maximum absolute atomic E-state index is 14.6. The minimum absolute atomic E-state index is 0.0658. The third kappa shape index (κ3) is 4.60. The van der Waals surface area contributed by atoms with E-state index in [1.165, 1.54) is 6.07 Å². The van der Waals surface area contributed by atoms with E-state index in [-0.39, 0.29) is 26.3 Å². The standard InChI is InChI=1S/C27H27Cl2O3P/c1-16-12-13-21(28)23(24(16)29)26(31)33(32,20-10-8-7-9-11-20)25(30)22-17(2)14-19(15-18(22)3)27(4,5)6/h7-15H,1-6H3. The molecule has 0 N–H and O–H groups in total. The Labute approximate surface area is 205 Å². The van der Waals surface area contributed by atoms with Crippen LogP contribution in [0.4, 0.5) is 0 Å². The van der Waals surface area contributed by atoms with Crippen molar-refractivity contribution in [2.24, 2.45) is 0 Å². The van der Waals surface area contributed by atoms with Crippen LogP contribution in [0.5, 0.6) is 0 Å². The second-order valence-corrected chi connectivity index (χ2v) is 12.7. The predicted molar refractivity (Wildman–Crippen MR) is 138 cm³/mol. The lowest BCUT2D eigenvalue weighted by molar-refractivity contribution is 0.104. The first-order valence-corrected chi connectivity index (χ1v) is 13.1. The number of hydrogen-bond donors (Lipinski definition) is 0. The Hall–Kier alpha value is -2.19. The highest BCUT2D eigenvalue weighted by atomic mass is 35.5. The zero-order chi connectivity index (χ0) is 24.7. The van der Waals surface area contributed by atoms with Crippen LogP contribution in [0.3, 0.4) is 0 Å². The van der Waals surface area contributed by atoms with E-state index in [0.29, 0.717) is 22.3 Å². The Kier molecular flexibility index (Phi) is 7.10. The van der Waals surface area contributed by atoms with Gasteiger partial charge in [-0.2, -0.15) is 0 Å². The molecule has 0 heterocycles. The average molecular weight is 501 g/mol. The molecular weight excluding hydrogens is 474 g/mol. The van der Waals surface area contributed by atoms with Crippen LogP contribution in [0.15, 0.2) is 54.6 Å². The van der Waals surface area contributed by atoms with Crippen molar-refractivity contribution >= 4 is 46.7 Å². The van der Waals surface area contributed by atoms with Crippen molar-refractivity contribution in [3.63, 3.8) is 0 Å². The largest absolute Gasteiger partial charge is 0.302 e. The molecule has 0 bridgehead atoms. The molecule has 0 radical (unpaired) electrons. The molecule has 0 aliphatic carbocycles. The fourth-order valence-electron chi connectivity index (χ4n) is 3.87. The van der Waals surface area contributed by atoms with E-state index in [0.717, 1.165) is 5.56 Å². The van der Waals surface area contributed by atoms with Crippen molar-refractivity contribution in [2.45, 2.75) is 47.0 Å². The van der Waals surface area contributed by atoms with Crippen molar-refractivity contribution in [3.05, 3.63) is 98.0 Å². The lowest BCUT2D eigenvalue weighted by atomic mass is 9.84. The quantitative estimate of drug-likeness (QED) is 0.334. The maximum atomic E-state index is 14.6. The van der Waals surface area contributed by atoms with Gasteiger partial charge in [-0.15, -0.1) is 0 Å². The number of hydrogen-bond acceptors (Lipinski definition) is 3. The van der Waals surface area contributed by atoms with Gasteiger partial charge in [0.05, 0.1) is 15.6 Å². The van der Waals surface area contributed by atoms with Gasteiger partial charge < -0.3 is 4.57 Å². The molecule has 172 valence electrons. The fourth-order valence-corrected chi connectivity index (χ4v) is 7.00. The minimum atomic E-state index is -4.33. The summed E-state index contributed by atoms with van der Waals surface area (Å²) in [6.07, 6.45) is 0. The summed E-state index contributed by atoms with van der Waals surface area (Å²) in [5.41, 5.74) is 1.55. The van der Waals surface area contributed by atoms with Crippen molar-refractivity contribution in [1.29, 1.82) is 0 Å². The van der Waals surface area contributed by atoms with E-state index in [4.69, 9.17) is 23.2 Å². The Bertz CT molecular complexity index is 1280. The molecule has 0 saturated carbocycles. The number of halogens is 2. The Morgan fingerprint density at radius 2 is 1.27 bits per heavy atom. The summed E-state index contributed by atoms with van der Waals surface area (Å²) in [5, 5.41) is 0.330. The molecule has 3 aromatic carbocycles. The molecule has 1 unspecified atom stereocenters. The topological polar surface area (TPSA) is 51.2 Å². The van der Waals surface area contributed by atoms with Gasteiger partial charge in [0, 0.05) is 10.9 Å². The van der Waals surface area contributed by atoms with Crippen LogP contribution in [0.25, 0.3) is 0 Å². The summed E-state index contributed by atoms with van der Waals surface area (Å²) in [5.74, 6) is 0. The predicted octanol–water partition coefficient (Wildman–Crippen LogP) is 7.89. The van der Waals surface area contributed by atoms with Crippen LogP contribution in [-0.4, -0.2) is 11.0 Å². The normalized spacial score (nSPS) is 13.5. The van der Waals surface area contributed by atoms with E-state index in [1.807, 2.05) is 26.0 Å². The molecule has 0 aromatic heterocycles. The van der Waals surface area contributed by atoms with E-state index >= 15 is 0 Å². The van der Waals surface area contributed by atoms with Gasteiger partial charge in [0.15, 0.2) is 0 Å². The lowest BCUT2D eigenvalue weighted by Gasteiger charge is -2.24. The van der Waals surface area contributed by atoms with Gasteiger partial charge in [-0.1, -0.05) is 92.5 Å². The van der Waals surface area contributed by atoms with Crippen LogP contribution in [0.2, 0.25) is 10.0 Å². The first kappa shape index (κ1) is 25.4. The SMILES string of the molecule is Cc1ccc(Cl)c(C(=O)P(=O)(C(=O)c2c(C)cc(C(C)(C)C)cc2C)c2ccccc2)c1Cl. The van der Waals surface area contributed by atoms with E-state index in [9.17, 15) is 14.2 Å². The van der Waals surface area contributed by atoms with Gasteiger partial charge in [-0.25, -0.2) is 0 Å². The number of aryl methyl sites for hydroxylation is 3. The van der Waals surface area contributed by atoms with E-state index in [1.54, 1.807) is 43.3 Å². The molecule has 3 rings (SSSR count). The molecule has 3 nitrogen and oxygen atoms in total. The second kappa shape index (κ2) is 9.22. The molecule has 33 heavy (non-hydrogen) atoms. The summed E-state index contributed by atoms with van der Waals surface area (Å²) >= 11 is 12.8. The minimum Gasteiger partial charge on any atom is -0.302 e. The Morgan fingerprint density at radius 3 is 1.79 bits per heavy atom. The monoisotopic (exact) mass is 500 g/mol. The highest BCUT2D eigenvalue weighted by Crippen LogP contribution is 2.54. The molecular formula is C27H27Cl2O3P. The van der Waals surface area contributed by atoms with E-state index in [2.05, 4.69) is 20.8 Å². The molecule has 1 atom stereocenters. The van der Waals surface area contributed by atoms with Crippen molar-refractivity contribution in [2.75, 3.05) is 0 Å². The van der Waals surface area contributed by atoms with Gasteiger partial charge in [0.1, 0.15) is 0 Å². The number of benzene rings is 3. The molecule has 0 saturated heterocycles. The molecule has 3 aromatic rings. The first-order chi connectivity index (χ1) is 15.3. The number of carbonyl (C=O) groups excluding carboxylic acids is 2. The van der Waals surface area contributed by atoms with Crippen molar-refractivity contribution < 1.29 is 14.2 Å². The zero-order valence-corrected chi connectivity index (χ0v) is 22.0. The first-order valence-electron chi connectivity index (χ1n) is 10.6. The Morgan fingerprint density at radius 1 is 0.758 bits per heavy atom. The third-order valence-corrected chi connectivity index (χ3v) is 9.22. The zero-order valence-electron chi connectivity index (χ0n) is 19.6. The molecule has 0 aliphatic heterocycles.